The fraction of sp³-hybridized carbons (Fsp3) is 0.389. The van der Waals surface area contributed by atoms with Gasteiger partial charge in [-0.05, 0) is 36.1 Å². The Hall–Kier alpha value is -1.86. The van der Waals surface area contributed by atoms with Crippen molar-refractivity contribution in [2.75, 3.05) is 11.3 Å². The van der Waals surface area contributed by atoms with Crippen molar-refractivity contribution in [2.24, 2.45) is 0 Å². The minimum atomic E-state index is -3.62. The molecule has 2 heterocycles. The summed E-state index contributed by atoms with van der Waals surface area (Å²) in [6, 6.07) is 9.15. The topological polar surface area (TPSA) is 66.5 Å². The number of para-hydroxylation sites is 1. The van der Waals surface area contributed by atoms with E-state index in [-0.39, 0.29) is 5.91 Å². The Morgan fingerprint density at radius 3 is 2.76 bits per heavy atom. The zero-order valence-electron chi connectivity index (χ0n) is 14.4. The smallest absolute Gasteiger partial charge is 0.271 e. The molecule has 0 radical (unpaired) electrons. The Kier molecular flexibility index (Phi) is 5.15. The number of benzene rings is 1. The van der Waals surface area contributed by atoms with E-state index in [9.17, 15) is 13.2 Å². The number of nitrogens with one attached hydrogen (secondary N) is 1. The minimum absolute atomic E-state index is 0.108. The molecule has 0 bridgehead atoms. The van der Waals surface area contributed by atoms with Gasteiger partial charge in [-0.2, -0.15) is 0 Å². The van der Waals surface area contributed by atoms with Crippen molar-refractivity contribution < 1.29 is 13.2 Å². The fourth-order valence-corrected chi connectivity index (χ4v) is 5.64. The van der Waals surface area contributed by atoms with Gasteiger partial charge in [0, 0.05) is 24.4 Å². The molecule has 0 fully saturated rings. The van der Waals surface area contributed by atoms with E-state index in [1.165, 1.54) is 11.3 Å². The number of sulfonamides is 1. The van der Waals surface area contributed by atoms with Crippen LogP contribution in [-0.4, -0.2) is 25.8 Å². The number of thiophene rings is 1. The quantitative estimate of drug-likeness (QED) is 0.867. The van der Waals surface area contributed by atoms with E-state index in [1.54, 1.807) is 17.0 Å². The Morgan fingerprint density at radius 2 is 2.04 bits per heavy atom. The Bertz CT molecular complexity index is 887. The van der Waals surface area contributed by atoms with Crippen molar-refractivity contribution in [2.45, 2.75) is 43.9 Å². The van der Waals surface area contributed by atoms with Crippen molar-refractivity contribution in [3.05, 3.63) is 46.3 Å². The van der Waals surface area contributed by atoms with E-state index in [0.717, 1.165) is 22.4 Å². The van der Waals surface area contributed by atoms with Gasteiger partial charge in [0.2, 0.25) is 5.91 Å². The van der Waals surface area contributed by atoms with E-state index >= 15 is 0 Å². The highest BCUT2D eigenvalue weighted by Gasteiger charge is 2.26. The third kappa shape index (κ3) is 3.72. The van der Waals surface area contributed by atoms with Crippen LogP contribution in [0.4, 0.5) is 5.69 Å². The van der Waals surface area contributed by atoms with Gasteiger partial charge in [0.05, 0.1) is 5.69 Å². The Morgan fingerprint density at radius 1 is 1.28 bits per heavy atom. The molecule has 0 saturated heterocycles. The van der Waals surface area contributed by atoms with Gasteiger partial charge in [0.1, 0.15) is 4.21 Å². The van der Waals surface area contributed by atoms with E-state index in [4.69, 9.17) is 0 Å². The predicted octanol–water partition coefficient (Wildman–Crippen LogP) is 3.41. The first kappa shape index (κ1) is 17.9. The monoisotopic (exact) mass is 378 g/mol. The molecule has 1 aromatic carbocycles. The molecule has 1 aromatic heterocycles. The standard InChI is InChI=1S/C18H22N2O3S2/c1-3-13-7-5-6-8-15(13)19-25(22,23)18-11-14-12-20(17(21)4-2)10-9-16(14)24-18/h5-8,11,19H,3-4,9-10,12H2,1-2H3. The molecule has 1 aliphatic heterocycles. The molecule has 134 valence electrons. The summed E-state index contributed by atoms with van der Waals surface area (Å²) in [6.45, 7) is 5.00. The number of anilines is 1. The van der Waals surface area contributed by atoms with Crippen molar-refractivity contribution in [3.63, 3.8) is 0 Å². The first-order chi connectivity index (χ1) is 11.9. The lowest BCUT2D eigenvalue weighted by Gasteiger charge is -2.26. The number of hydrogen-bond donors (Lipinski definition) is 1. The predicted molar refractivity (Wildman–Crippen MR) is 100 cm³/mol. The molecule has 25 heavy (non-hydrogen) atoms. The van der Waals surface area contributed by atoms with Gasteiger partial charge in [-0.3, -0.25) is 9.52 Å². The number of nitrogens with zero attached hydrogens (tertiary/aromatic N) is 1. The van der Waals surface area contributed by atoms with Gasteiger partial charge in [-0.1, -0.05) is 32.0 Å². The van der Waals surface area contributed by atoms with Gasteiger partial charge >= 0.3 is 0 Å². The molecule has 7 heteroatoms. The highest BCUT2D eigenvalue weighted by atomic mass is 32.2. The van der Waals surface area contributed by atoms with Crippen molar-refractivity contribution >= 4 is 33.0 Å². The zero-order valence-corrected chi connectivity index (χ0v) is 16.0. The van der Waals surface area contributed by atoms with Crippen LogP contribution in [0.3, 0.4) is 0 Å². The molecule has 1 aliphatic rings. The summed E-state index contributed by atoms with van der Waals surface area (Å²) < 4.78 is 28.6. The van der Waals surface area contributed by atoms with Crippen LogP contribution in [0, 0.1) is 0 Å². The number of carbonyl (C=O) groups excluding carboxylic acids is 1. The third-order valence-electron chi connectivity index (χ3n) is 4.41. The van der Waals surface area contributed by atoms with E-state index in [1.807, 2.05) is 32.0 Å². The average Bonchev–Trinajstić information content (AvgIpc) is 3.05. The maximum atomic E-state index is 12.8. The van der Waals surface area contributed by atoms with Gasteiger partial charge < -0.3 is 4.90 Å². The molecule has 3 rings (SSSR count). The second-order valence-electron chi connectivity index (χ2n) is 6.05. The normalized spacial score (nSPS) is 14.2. The lowest BCUT2D eigenvalue weighted by Crippen LogP contribution is -2.34. The molecule has 0 saturated carbocycles. The lowest BCUT2D eigenvalue weighted by atomic mass is 10.1. The molecule has 2 aromatic rings. The summed E-state index contributed by atoms with van der Waals surface area (Å²) in [6.07, 6.45) is 1.94. The van der Waals surface area contributed by atoms with Crippen molar-refractivity contribution in [1.29, 1.82) is 0 Å². The largest absolute Gasteiger partial charge is 0.338 e. The maximum absolute atomic E-state index is 12.8. The SMILES string of the molecule is CCC(=O)N1CCc2sc(S(=O)(=O)Nc3ccccc3CC)cc2C1. The molecular weight excluding hydrogens is 356 g/mol. The molecule has 0 spiro atoms. The van der Waals surface area contributed by atoms with Crippen LogP contribution in [0.5, 0.6) is 0 Å². The highest BCUT2D eigenvalue weighted by molar-refractivity contribution is 7.94. The first-order valence-electron chi connectivity index (χ1n) is 8.44. The first-order valence-corrected chi connectivity index (χ1v) is 10.7. The van der Waals surface area contributed by atoms with Crippen LogP contribution in [0.25, 0.3) is 0 Å². The van der Waals surface area contributed by atoms with Gasteiger partial charge in [-0.25, -0.2) is 8.42 Å². The summed E-state index contributed by atoms with van der Waals surface area (Å²) >= 11 is 1.31. The molecule has 1 N–H and O–H groups in total. The van der Waals surface area contributed by atoms with Crippen molar-refractivity contribution in [1.82, 2.24) is 4.90 Å². The van der Waals surface area contributed by atoms with Crippen LogP contribution in [0.15, 0.2) is 34.5 Å². The van der Waals surface area contributed by atoms with Crippen LogP contribution in [-0.2, 0) is 34.2 Å². The van der Waals surface area contributed by atoms with Gasteiger partial charge in [-0.15, -0.1) is 11.3 Å². The molecule has 0 unspecified atom stereocenters. The molecule has 1 amide bonds. The fourth-order valence-electron chi connectivity index (χ4n) is 3.00. The summed E-state index contributed by atoms with van der Waals surface area (Å²) in [7, 11) is -3.62. The molecule has 0 aliphatic carbocycles. The Balaban J connectivity index is 1.85. The van der Waals surface area contributed by atoms with Gasteiger partial charge in [0.25, 0.3) is 10.0 Å². The lowest BCUT2D eigenvalue weighted by molar-refractivity contribution is -0.131. The highest BCUT2D eigenvalue weighted by Crippen LogP contribution is 2.32. The molecule has 0 atom stereocenters. The number of amides is 1. The Labute approximate surface area is 152 Å². The van der Waals surface area contributed by atoms with Crippen molar-refractivity contribution in [3.8, 4) is 0 Å². The number of carbonyl (C=O) groups is 1. The molecule has 5 nitrogen and oxygen atoms in total. The molecular formula is C18H22N2O3S2. The summed E-state index contributed by atoms with van der Waals surface area (Å²) in [4.78, 5) is 14.7. The zero-order chi connectivity index (χ0) is 18.0. The summed E-state index contributed by atoms with van der Waals surface area (Å²) in [5, 5.41) is 0. The minimum Gasteiger partial charge on any atom is -0.338 e. The average molecular weight is 379 g/mol. The number of hydrogen-bond acceptors (Lipinski definition) is 4. The second kappa shape index (κ2) is 7.17. The summed E-state index contributed by atoms with van der Waals surface area (Å²) in [5.41, 5.74) is 2.54. The number of fused-ring (bicyclic) bond motifs is 1. The van der Waals surface area contributed by atoms with E-state index < -0.39 is 10.0 Å². The van der Waals surface area contributed by atoms with E-state index in [2.05, 4.69) is 4.72 Å². The number of aryl methyl sites for hydroxylation is 1. The van der Waals surface area contributed by atoms with Crippen LogP contribution in [0.2, 0.25) is 0 Å². The second-order valence-corrected chi connectivity index (χ2v) is 9.09. The van der Waals surface area contributed by atoms with E-state index in [0.29, 0.717) is 35.8 Å². The van der Waals surface area contributed by atoms with Gasteiger partial charge in [0.15, 0.2) is 0 Å². The summed E-state index contributed by atoms with van der Waals surface area (Å²) in [5.74, 6) is 0.108. The third-order valence-corrected chi connectivity index (χ3v) is 7.48. The number of rotatable bonds is 5. The maximum Gasteiger partial charge on any atom is 0.271 e. The van der Waals surface area contributed by atoms with Crippen LogP contribution >= 0.6 is 11.3 Å². The van der Waals surface area contributed by atoms with Crippen LogP contribution < -0.4 is 4.72 Å². The van der Waals surface area contributed by atoms with Crippen LogP contribution in [0.1, 0.15) is 36.3 Å².